The van der Waals surface area contributed by atoms with Crippen LogP contribution in [0.4, 0.5) is 5.82 Å². The third kappa shape index (κ3) is 5.10. The Morgan fingerprint density at radius 2 is 1.56 bits per heavy atom. The molecule has 2 aromatic carbocycles. The van der Waals surface area contributed by atoms with E-state index in [1.165, 1.54) is 13.4 Å². The second-order valence-corrected chi connectivity index (χ2v) is 12.2. The first-order chi connectivity index (χ1) is 16.2. The van der Waals surface area contributed by atoms with E-state index in [0.29, 0.717) is 32.6 Å². The van der Waals surface area contributed by atoms with Crippen LogP contribution in [0.25, 0.3) is 10.9 Å². The minimum absolute atomic E-state index is 0.242. The van der Waals surface area contributed by atoms with Gasteiger partial charge in [-0.1, -0.05) is 0 Å². The lowest BCUT2D eigenvalue weighted by Crippen LogP contribution is -2.16. The molecule has 0 radical (unpaired) electrons. The molecular formula is C23H30N3O6PS. The molecule has 0 spiro atoms. The van der Waals surface area contributed by atoms with Crippen molar-refractivity contribution in [1.82, 2.24) is 9.97 Å². The molecule has 34 heavy (non-hydrogen) atoms. The van der Waals surface area contributed by atoms with Gasteiger partial charge in [0.25, 0.3) is 0 Å². The van der Waals surface area contributed by atoms with E-state index in [1.54, 1.807) is 57.4 Å². The molecule has 184 valence electrons. The number of benzene rings is 2. The fourth-order valence-electron chi connectivity index (χ4n) is 3.35. The van der Waals surface area contributed by atoms with Crippen LogP contribution in [0.5, 0.6) is 11.5 Å². The molecule has 11 heteroatoms. The predicted molar refractivity (Wildman–Crippen MR) is 133 cm³/mol. The molecule has 1 unspecified atom stereocenters. The summed E-state index contributed by atoms with van der Waals surface area (Å²) in [4.78, 5) is 9.07. The molecule has 0 saturated heterocycles. The van der Waals surface area contributed by atoms with Crippen LogP contribution in [0.15, 0.2) is 52.0 Å². The van der Waals surface area contributed by atoms with Gasteiger partial charge in [-0.2, -0.15) is 4.36 Å². The maximum absolute atomic E-state index is 14.2. The van der Waals surface area contributed by atoms with Crippen LogP contribution in [0.3, 0.4) is 0 Å². The van der Waals surface area contributed by atoms with E-state index in [0.717, 1.165) is 0 Å². The van der Waals surface area contributed by atoms with Gasteiger partial charge in [-0.25, -0.2) is 14.2 Å². The topological polar surface area (TPSA) is 109 Å². The molecule has 0 N–H and O–H groups in total. The van der Waals surface area contributed by atoms with Crippen molar-refractivity contribution < 1.29 is 27.3 Å². The van der Waals surface area contributed by atoms with Crippen molar-refractivity contribution >= 4 is 39.4 Å². The van der Waals surface area contributed by atoms with Gasteiger partial charge in [0.15, 0.2) is 17.3 Å². The summed E-state index contributed by atoms with van der Waals surface area (Å²) in [6, 6.07) is 9.98. The second kappa shape index (κ2) is 10.8. The largest absolute Gasteiger partial charge is 0.493 e. The van der Waals surface area contributed by atoms with Gasteiger partial charge in [-0.3, -0.25) is 4.57 Å². The Bertz CT molecular complexity index is 1310. The SMILES string of the molecule is CCOP(=O)(OCC)c1ccc(S(=O)(=Nc2ncnc3cc(OC)c(OC)cc23)C(C)C)cc1. The Morgan fingerprint density at radius 1 is 0.971 bits per heavy atom. The molecule has 1 heterocycles. The average Bonchev–Trinajstić information content (AvgIpc) is 2.83. The number of methoxy groups -OCH3 is 2. The van der Waals surface area contributed by atoms with E-state index < -0.39 is 17.3 Å². The zero-order chi connectivity index (χ0) is 24.9. The molecule has 0 aliphatic heterocycles. The van der Waals surface area contributed by atoms with Crippen molar-refractivity contribution in [3.8, 4) is 11.5 Å². The van der Waals surface area contributed by atoms with Crippen LogP contribution >= 0.6 is 7.60 Å². The molecule has 3 aromatic rings. The van der Waals surface area contributed by atoms with Gasteiger partial charge in [0.2, 0.25) is 0 Å². The van der Waals surface area contributed by atoms with Crippen molar-refractivity contribution in [3.05, 3.63) is 42.7 Å². The minimum atomic E-state index is -3.45. The summed E-state index contributed by atoms with van der Waals surface area (Å²) in [6.07, 6.45) is 1.37. The second-order valence-electron chi connectivity index (χ2n) is 7.46. The van der Waals surface area contributed by atoms with Gasteiger partial charge in [-0.05, 0) is 58.0 Å². The van der Waals surface area contributed by atoms with Gasteiger partial charge in [0.05, 0.1) is 48.0 Å². The number of fused-ring (bicyclic) bond motifs is 1. The number of ether oxygens (including phenoxy) is 2. The van der Waals surface area contributed by atoms with Crippen molar-refractivity contribution in [2.24, 2.45) is 4.36 Å². The lowest BCUT2D eigenvalue weighted by Gasteiger charge is -2.19. The normalized spacial score (nSPS) is 13.6. The Hall–Kier alpha value is -2.52. The number of hydrogen-bond acceptors (Lipinski definition) is 9. The Labute approximate surface area is 200 Å². The summed E-state index contributed by atoms with van der Waals surface area (Å²) in [5, 5.41) is 0.645. The molecule has 0 amide bonds. The highest BCUT2D eigenvalue weighted by molar-refractivity contribution is 7.94. The highest BCUT2D eigenvalue weighted by Gasteiger charge is 2.28. The molecule has 0 bridgehead atoms. The number of aromatic nitrogens is 2. The standard InChI is InChI=1S/C23H30N3O6PS/c1-7-31-33(27,32-8-2)17-9-11-18(12-10-17)34(28,16(3)4)26-23-19-13-21(29-5)22(30-6)14-20(19)24-15-25-23/h9-16H,7-8H2,1-6H3. The van der Waals surface area contributed by atoms with Crippen LogP contribution in [-0.2, 0) is 23.3 Å². The maximum atomic E-state index is 14.2. The first-order valence-electron chi connectivity index (χ1n) is 10.8. The van der Waals surface area contributed by atoms with Crippen LogP contribution in [0, 0.1) is 0 Å². The van der Waals surface area contributed by atoms with Gasteiger partial charge >= 0.3 is 7.60 Å². The zero-order valence-corrected chi connectivity index (χ0v) is 21.9. The number of rotatable bonds is 10. The molecule has 0 aliphatic carbocycles. The van der Waals surface area contributed by atoms with E-state index in [9.17, 15) is 8.77 Å². The fourth-order valence-corrected chi connectivity index (χ4v) is 6.71. The van der Waals surface area contributed by atoms with E-state index >= 15 is 0 Å². The fraction of sp³-hybridized carbons (Fsp3) is 0.391. The monoisotopic (exact) mass is 507 g/mol. The molecular weight excluding hydrogens is 477 g/mol. The van der Waals surface area contributed by atoms with Crippen molar-refractivity contribution in [3.63, 3.8) is 0 Å². The van der Waals surface area contributed by atoms with E-state index in [4.69, 9.17) is 18.5 Å². The van der Waals surface area contributed by atoms with Crippen LogP contribution < -0.4 is 14.8 Å². The summed E-state index contributed by atoms with van der Waals surface area (Å²) in [5.74, 6) is 1.29. The quantitative estimate of drug-likeness (QED) is 0.349. The molecule has 1 atom stereocenters. The first-order valence-corrected chi connectivity index (χ1v) is 14.0. The van der Waals surface area contributed by atoms with Crippen molar-refractivity contribution in [1.29, 1.82) is 0 Å². The number of hydrogen-bond donors (Lipinski definition) is 0. The number of nitrogens with zero attached hydrogens (tertiary/aromatic N) is 3. The summed E-state index contributed by atoms with van der Waals surface area (Å²) >= 11 is 0. The van der Waals surface area contributed by atoms with Crippen LogP contribution in [-0.4, -0.2) is 46.9 Å². The molecule has 0 fully saturated rings. The lowest BCUT2D eigenvalue weighted by molar-refractivity contribution is 0.230. The van der Waals surface area contributed by atoms with Crippen LogP contribution in [0.2, 0.25) is 0 Å². The van der Waals surface area contributed by atoms with Crippen molar-refractivity contribution in [2.75, 3.05) is 27.4 Å². The minimum Gasteiger partial charge on any atom is -0.493 e. The lowest BCUT2D eigenvalue weighted by atomic mass is 10.2. The summed E-state index contributed by atoms with van der Waals surface area (Å²) < 4.78 is 53.5. The maximum Gasteiger partial charge on any atom is 0.361 e. The predicted octanol–water partition coefficient (Wildman–Crippen LogP) is 5.11. The Morgan fingerprint density at radius 3 is 2.09 bits per heavy atom. The third-order valence-corrected chi connectivity index (χ3v) is 9.87. The summed E-state index contributed by atoms with van der Waals surface area (Å²) in [6.45, 7) is 7.65. The Kier molecular flexibility index (Phi) is 8.30. The molecule has 0 aliphatic rings. The zero-order valence-electron chi connectivity index (χ0n) is 20.2. The molecule has 0 saturated carbocycles. The smallest absolute Gasteiger partial charge is 0.361 e. The average molecular weight is 508 g/mol. The Balaban J connectivity index is 2.16. The van der Waals surface area contributed by atoms with E-state index in [-0.39, 0.29) is 24.3 Å². The third-order valence-electron chi connectivity index (χ3n) is 5.07. The van der Waals surface area contributed by atoms with Gasteiger partial charge in [-0.15, -0.1) is 0 Å². The van der Waals surface area contributed by atoms with Gasteiger partial charge in [0.1, 0.15) is 6.33 Å². The molecule has 3 rings (SSSR count). The van der Waals surface area contributed by atoms with E-state index in [1.807, 2.05) is 13.8 Å². The van der Waals surface area contributed by atoms with Gasteiger partial charge in [0, 0.05) is 21.6 Å². The molecule has 1 aromatic heterocycles. The highest BCUT2D eigenvalue weighted by Crippen LogP contribution is 2.47. The first kappa shape index (κ1) is 26.1. The van der Waals surface area contributed by atoms with Crippen molar-refractivity contribution in [2.45, 2.75) is 37.8 Å². The van der Waals surface area contributed by atoms with E-state index in [2.05, 4.69) is 14.3 Å². The summed E-state index contributed by atoms with van der Waals surface area (Å²) in [7, 11) is -3.34. The van der Waals surface area contributed by atoms with Crippen LogP contribution in [0.1, 0.15) is 27.7 Å². The van der Waals surface area contributed by atoms with Gasteiger partial charge < -0.3 is 18.5 Å². The highest BCUT2D eigenvalue weighted by atomic mass is 32.2. The molecule has 9 nitrogen and oxygen atoms in total. The summed E-state index contributed by atoms with van der Waals surface area (Å²) in [5.41, 5.74) is 0.585.